The summed E-state index contributed by atoms with van der Waals surface area (Å²) in [7, 11) is 0. The Morgan fingerprint density at radius 1 is 0.900 bits per heavy atom. The average molecular weight is 264 g/mol. The summed E-state index contributed by atoms with van der Waals surface area (Å²) in [6.45, 7) is 1.94. The Hall–Kier alpha value is -2.68. The Labute approximate surface area is 115 Å². The van der Waals surface area contributed by atoms with Gasteiger partial charge < -0.3 is 5.11 Å². The van der Waals surface area contributed by atoms with Crippen LogP contribution in [-0.2, 0) is 0 Å². The third kappa shape index (κ3) is 1.93. The monoisotopic (exact) mass is 264 g/mol. The van der Waals surface area contributed by atoms with Gasteiger partial charge in [-0.1, -0.05) is 29.8 Å². The second kappa shape index (κ2) is 4.46. The van der Waals surface area contributed by atoms with Crippen LogP contribution in [0.3, 0.4) is 0 Å². The zero-order valence-electron chi connectivity index (χ0n) is 10.9. The van der Waals surface area contributed by atoms with Gasteiger partial charge in [0.05, 0.1) is 5.56 Å². The summed E-state index contributed by atoms with van der Waals surface area (Å²) in [4.78, 5) is 23.6. The normalized spacial score (nSPS) is 10.8. The molecule has 3 aromatic carbocycles. The van der Waals surface area contributed by atoms with Crippen molar-refractivity contribution in [1.82, 2.24) is 0 Å². The minimum atomic E-state index is -0.994. The van der Waals surface area contributed by atoms with Crippen LogP contribution in [0.15, 0.2) is 53.3 Å². The molecule has 20 heavy (non-hydrogen) atoms. The highest BCUT2D eigenvalue weighted by Gasteiger charge is 2.06. The molecular formula is C17H12O3. The summed E-state index contributed by atoms with van der Waals surface area (Å²) in [5.41, 5.74) is 1.14. The first-order chi connectivity index (χ1) is 9.56. The highest BCUT2D eigenvalue weighted by Crippen LogP contribution is 2.18. The lowest BCUT2D eigenvalue weighted by Crippen LogP contribution is -2.01. The van der Waals surface area contributed by atoms with Gasteiger partial charge in [0.15, 0.2) is 5.43 Å². The van der Waals surface area contributed by atoms with Gasteiger partial charge in [-0.15, -0.1) is 0 Å². The lowest BCUT2D eigenvalue weighted by atomic mass is 10.1. The van der Waals surface area contributed by atoms with Gasteiger partial charge in [-0.05, 0) is 42.0 Å². The van der Waals surface area contributed by atoms with E-state index in [1.807, 2.05) is 31.2 Å². The highest BCUT2D eigenvalue weighted by atomic mass is 16.4. The molecule has 0 aliphatic rings. The van der Waals surface area contributed by atoms with Crippen molar-refractivity contribution < 1.29 is 9.90 Å². The molecule has 3 heteroatoms. The predicted molar refractivity (Wildman–Crippen MR) is 79.4 cm³/mol. The minimum absolute atomic E-state index is 0.0689. The van der Waals surface area contributed by atoms with E-state index in [-0.39, 0.29) is 11.0 Å². The molecule has 0 aromatic heterocycles. The van der Waals surface area contributed by atoms with Crippen LogP contribution in [0.1, 0.15) is 15.9 Å². The Bertz CT molecular complexity index is 911. The summed E-state index contributed by atoms with van der Waals surface area (Å²) >= 11 is 0. The zero-order chi connectivity index (χ0) is 14.3. The Morgan fingerprint density at radius 3 is 2.35 bits per heavy atom. The SMILES string of the molecule is Cc1ccc2ccc3cc(C(=O)O)ccc3c(=O)c2c1. The maximum Gasteiger partial charge on any atom is 0.335 e. The Kier molecular flexibility index (Phi) is 2.75. The molecule has 0 aliphatic heterocycles. The molecule has 3 rings (SSSR count). The summed E-state index contributed by atoms with van der Waals surface area (Å²) in [6, 6.07) is 14.0. The summed E-state index contributed by atoms with van der Waals surface area (Å²) in [5.74, 6) is -0.994. The van der Waals surface area contributed by atoms with E-state index in [1.54, 1.807) is 12.1 Å². The van der Waals surface area contributed by atoms with Crippen molar-refractivity contribution in [2.45, 2.75) is 6.92 Å². The van der Waals surface area contributed by atoms with Gasteiger partial charge in [0, 0.05) is 10.8 Å². The van der Waals surface area contributed by atoms with E-state index in [1.165, 1.54) is 12.1 Å². The predicted octanol–water partition coefficient (Wildman–Crippen LogP) is 3.36. The molecule has 0 amide bonds. The van der Waals surface area contributed by atoms with Crippen molar-refractivity contribution >= 4 is 27.5 Å². The first-order valence-electron chi connectivity index (χ1n) is 6.27. The van der Waals surface area contributed by atoms with Crippen molar-refractivity contribution in [2.75, 3.05) is 0 Å². The minimum Gasteiger partial charge on any atom is -0.478 e. The largest absolute Gasteiger partial charge is 0.478 e. The fraction of sp³-hybridized carbons (Fsp3) is 0.0588. The highest BCUT2D eigenvalue weighted by molar-refractivity contribution is 5.97. The van der Waals surface area contributed by atoms with E-state index in [4.69, 9.17) is 5.11 Å². The second-order valence-electron chi connectivity index (χ2n) is 4.86. The van der Waals surface area contributed by atoms with Crippen molar-refractivity contribution in [2.24, 2.45) is 0 Å². The van der Waals surface area contributed by atoms with Crippen LogP contribution in [0.4, 0.5) is 0 Å². The van der Waals surface area contributed by atoms with E-state index >= 15 is 0 Å². The number of aromatic carboxylic acids is 1. The number of aryl methyl sites for hydroxylation is 1. The maximum atomic E-state index is 12.6. The fourth-order valence-corrected chi connectivity index (χ4v) is 2.38. The molecule has 0 saturated carbocycles. The van der Waals surface area contributed by atoms with E-state index < -0.39 is 5.97 Å². The van der Waals surface area contributed by atoms with Gasteiger partial charge in [-0.2, -0.15) is 0 Å². The molecule has 3 nitrogen and oxygen atoms in total. The molecule has 3 aromatic rings. The van der Waals surface area contributed by atoms with Crippen LogP contribution >= 0.6 is 0 Å². The van der Waals surface area contributed by atoms with Crippen molar-refractivity contribution in [1.29, 1.82) is 0 Å². The molecule has 0 atom stereocenters. The maximum absolute atomic E-state index is 12.6. The number of fused-ring (bicyclic) bond motifs is 2. The molecule has 0 fully saturated rings. The fourth-order valence-electron chi connectivity index (χ4n) is 2.38. The quantitative estimate of drug-likeness (QED) is 0.733. The summed E-state index contributed by atoms with van der Waals surface area (Å²) in [6.07, 6.45) is 0. The number of carboxylic acid groups (broad SMARTS) is 1. The molecule has 0 saturated heterocycles. The third-order valence-electron chi connectivity index (χ3n) is 3.44. The van der Waals surface area contributed by atoms with Gasteiger partial charge in [-0.25, -0.2) is 4.79 Å². The Morgan fingerprint density at radius 2 is 1.60 bits per heavy atom. The molecule has 98 valence electrons. The number of carboxylic acids is 1. The van der Waals surface area contributed by atoms with Crippen molar-refractivity contribution in [3.63, 3.8) is 0 Å². The molecule has 0 unspecified atom stereocenters. The van der Waals surface area contributed by atoms with Gasteiger partial charge in [0.25, 0.3) is 0 Å². The Balaban J connectivity index is 2.50. The van der Waals surface area contributed by atoms with Crippen LogP contribution in [0.25, 0.3) is 21.5 Å². The lowest BCUT2D eigenvalue weighted by molar-refractivity contribution is 0.0697. The smallest absolute Gasteiger partial charge is 0.335 e. The van der Waals surface area contributed by atoms with Crippen molar-refractivity contribution in [3.8, 4) is 0 Å². The van der Waals surface area contributed by atoms with E-state index in [2.05, 4.69) is 0 Å². The van der Waals surface area contributed by atoms with Crippen LogP contribution < -0.4 is 5.43 Å². The number of rotatable bonds is 1. The summed E-state index contributed by atoms with van der Waals surface area (Å²) < 4.78 is 0. The average Bonchev–Trinajstić information content (AvgIpc) is 2.57. The topological polar surface area (TPSA) is 54.4 Å². The van der Waals surface area contributed by atoms with Gasteiger partial charge in [-0.3, -0.25) is 4.79 Å². The van der Waals surface area contributed by atoms with E-state index in [0.29, 0.717) is 16.2 Å². The van der Waals surface area contributed by atoms with Gasteiger partial charge in [0.1, 0.15) is 0 Å². The van der Waals surface area contributed by atoms with E-state index in [9.17, 15) is 9.59 Å². The molecule has 1 N–H and O–H groups in total. The van der Waals surface area contributed by atoms with Crippen molar-refractivity contribution in [3.05, 3.63) is 69.9 Å². The second-order valence-corrected chi connectivity index (χ2v) is 4.86. The number of hydrogen-bond acceptors (Lipinski definition) is 2. The van der Waals surface area contributed by atoms with Crippen LogP contribution in [0, 0.1) is 6.92 Å². The number of benzene rings is 2. The first kappa shape index (κ1) is 12.4. The number of carbonyl (C=O) groups is 1. The molecule has 0 spiro atoms. The molecule has 0 radical (unpaired) electrons. The van der Waals surface area contributed by atoms with Crippen LogP contribution in [0.2, 0.25) is 0 Å². The summed E-state index contributed by atoms with van der Waals surface area (Å²) in [5, 5.41) is 11.7. The first-order valence-corrected chi connectivity index (χ1v) is 6.27. The molecular weight excluding hydrogens is 252 g/mol. The van der Waals surface area contributed by atoms with E-state index in [0.717, 1.165) is 10.9 Å². The standard InChI is InChI=1S/C17H12O3/c1-10-2-3-11-4-5-12-9-13(17(19)20)6-7-14(12)16(18)15(11)8-10/h2-9H,1H3,(H,19,20). The van der Waals surface area contributed by atoms with Crippen LogP contribution in [0.5, 0.6) is 0 Å². The zero-order valence-corrected chi connectivity index (χ0v) is 10.9. The molecule has 0 bridgehead atoms. The lowest BCUT2D eigenvalue weighted by Gasteiger charge is -1.96. The van der Waals surface area contributed by atoms with Crippen LogP contribution in [-0.4, -0.2) is 11.1 Å². The third-order valence-corrected chi connectivity index (χ3v) is 3.44. The number of hydrogen-bond donors (Lipinski definition) is 1. The molecule has 0 aliphatic carbocycles. The van der Waals surface area contributed by atoms with Gasteiger partial charge >= 0.3 is 5.97 Å². The molecule has 0 heterocycles. The van der Waals surface area contributed by atoms with Gasteiger partial charge in [0.2, 0.25) is 0 Å².